The summed E-state index contributed by atoms with van der Waals surface area (Å²) in [6.07, 6.45) is 3.68. The molecule has 0 unspecified atom stereocenters. The molecule has 2 aromatic carbocycles. The van der Waals surface area contributed by atoms with Gasteiger partial charge in [-0.25, -0.2) is 0 Å². The van der Waals surface area contributed by atoms with Gasteiger partial charge in [-0.1, -0.05) is 29.8 Å². The Morgan fingerprint density at radius 2 is 1.55 bits per heavy atom. The molecule has 31 heavy (non-hydrogen) atoms. The highest BCUT2D eigenvalue weighted by atomic mass is 35.5. The van der Waals surface area contributed by atoms with Crippen molar-refractivity contribution in [3.8, 4) is 0 Å². The van der Waals surface area contributed by atoms with Crippen molar-refractivity contribution in [3.05, 3.63) is 77.6 Å². The second-order valence-corrected chi connectivity index (χ2v) is 8.03. The molecule has 0 spiro atoms. The fourth-order valence-corrected chi connectivity index (χ4v) is 3.46. The van der Waals surface area contributed by atoms with E-state index in [1.807, 2.05) is 48.8 Å². The van der Waals surface area contributed by atoms with E-state index in [0.717, 1.165) is 35.2 Å². The van der Waals surface area contributed by atoms with E-state index in [2.05, 4.69) is 52.6 Å². The Balaban J connectivity index is 0.00000160. The first-order valence-electron chi connectivity index (χ1n) is 9.38. The normalized spacial score (nSPS) is 10.7. The highest BCUT2D eigenvalue weighted by Crippen LogP contribution is 2.25. The van der Waals surface area contributed by atoms with Crippen LogP contribution < -0.4 is 10.6 Å². The molecule has 2 heterocycles. The van der Waals surface area contributed by atoms with Gasteiger partial charge in [0.05, 0.1) is 11.0 Å². The van der Waals surface area contributed by atoms with Gasteiger partial charge in [-0.05, 0) is 55.8 Å². The lowest BCUT2D eigenvalue weighted by atomic mass is 10.0. The molecule has 0 aliphatic rings. The Bertz CT molecular complexity index is 1130. The summed E-state index contributed by atoms with van der Waals surface area (Å²) in [7, 11) is 0. The third-order valence-corrected chi connectivity index (χ3v) is 5.16. The Kier molecular flexibility index (Phi) is 10.3. The number of rotatable bonds is 6. The van der Waals surface area contributed by atoms with E-state index >= 15 is 0 Å². The van der Waals surface area contributed by atoms with Crippen molar-refractivity contribution in [2.24, 2.45) is 0 Å². The fourth-order valence-electron chi connectivity index (χ4n) is 3.30. The molecule has 4 nitrogen and oxygen atoms in total. The molecule has 0 aliphatic heterocycles. The summed E-state index contributed by atoms with van der Waals surface area (Å²) in [6.45, 7) is 5.95. The Morgan fingerprint density at radius 3 is 2.35 bits per heavy atom. The largest absolute Gasteiger partial charge is 0.383 e. The van der Waals surface area contributed by atoms with Crippen LogP contribution in [0.5, 0.6) is 0 Å². The first kappa shape index (κ1) is 27.2. The van der Waals surface area contributed by atoms with Gasteiger partial charge in [0, 0.05) is 52.5 Å². The van der Waals surface area contributed by atoms with E-state index in [1.165, 1.54) is 10.9 Å². The number of nitrogens with zero attached hydrogens (tertiary/aromatic N) is 2. The minimum Gasteiger partial charge on any atom is -0.383 e. The van der Waals surface area contributed by atoms with Crippen LogP contribution in [0, 0.1) is 0 Å². The second-order valence-electron chi connectivity index (χ2n) is 7.60. The van der Waals surface area contributed by atoms with E-state index in [1.54, 1.807) is 0 Å². The minimum atomic E-state index is -0.105. The molecular formula is C23H26Cl4N4. The Hall–Kier alpha value is -1.82. The van der Waals surface area contributed by atoms with Crippen LogP contribution in [0.25, 0.3) is 21.8 Å². The smallest absolute Gasteiger partial charge is 0.0737 e. The summed E-state index contributed by atoms with van der Waals surface area (Å²) in [5, 5.41) is 10.2. The maximum atomic E-state index is 6.09. The third-order valence-electron chi connectivity index (χ3n) is 4.92. The van der Waals surface area contributed by atoms with Crippen LogP contribution in [0.2, 0.25) is 5.02 Å². The summed E-state index contributed by atoms with van der Waals surface area (Å²) in [5.41, 5.74) is 4.13. The molecule has 0 saturated carbocycles. The molecule has 0 amide bonds. The lowest BCUT2D eigenvalue weighted by Crippen LogP contribution is -2.44. The fraction of sp³-hybridized carbons (Fsp3) is 0.217. The molecule has 2 N–H and O–H groups in total. The summed E-state index contributed by atoms with van der Waals surface area (Å²) in [5.74, 6) is 0. The molecule has 0 atom stereocenters. The van der Waals surface area contributed by atoms with E-state index in [-0.39, 0.29) is 42.8 Å². The second kappa shape index (κ2) is 11.7. The van der Waals surface area contributed by atoms with Gasteiger partial charge in [-0.3, -0.25) is 9.97 Å². The summed E-state index contributed by atoms with van der Waals surface area (Å²) < 4.78 is 0. The van der Waals surface area contributed by atoms with Crippen molar-refractivity contribution >= 4 is 76.3 Å². The van der Waals surface area contributed by atoms with Crippen LogP contribution >= 0.6 is 48.8 Å². The maximum absolute atomic E-state index is 6.09. The van der Waals surface area contributed by atoms with Crippen molar-refractivity contribution in [1.29, 1.82) is 0 Å². The van der Waals surface area contributed by atoms with Gasteiger partial charge in [-0.2, -0.15) is 0 Å². The first-order chi connectivity index (χ1) is 13.5. The van der Waals surface area contributed by atoms with Gasteiger partial charge in [0.1, 0.15) is 0 Å². The van der Waals surface area contributed by atoms with Crippen LogP contribution in [-0.2, 0) is 6.54 Å². The monoisotopic (exact) mass is 498 g/mol. The van der Waals surface area contributed by atoms with Gasteiger partial charge in [-0.15, -0.1) is 37.2 Å². The highest BCUT2D eigenvalue weighted by Gasteiger charge is 2.18. The van der Waals surface area contributed by atoms with Gasteiger partial charge >= 0.3 is 0 Å². The van der Waals surface area contributed by atoms with Gasteiger partial charge < -0.3 is 10.6 Å². The van der Waals surface area contributed by atoms with E-state index in [4.69, 9.17) is 11.6 Å². The number of anilines is 1. The predicted octanol–water partition coefficient (Wildman–Crippen LogP) is 6.68. The zero-order valence-corrected chi connectivity index (χ0v) is 20.5. The molecule has 4 aromatic rings. The lowest BCUT2D eigenvalue weighted by molar-refractivity contribution is 0.408. The molecule has 0 fully saturated rings. The van der Waals surface area contributed by atoms with E-state index in [0.29, 0.717) is 5.02 Å². The summed E-state index contributed by atoms with van der Waals surface area (Å²) in [4.78, 5) is 8.85. The number of halogens is 4. The average molecular weight is 500 g/mol. The number of aromatic nitrogens is 2. The molecule has 8 heteroatoms. The molecule has 2 aromatic heterocycles. The van der Waals surface area contributed by atoms with Crippen molar-refractivity contribution in [2.45, 2.75) is 25.9 Å². The van der Waals surface area contributed by atoms with Crippen molar-refractivity contribution in [3.63, 3.8) is 0 Å². The Morgan fingerprint density at radius 1 is 0.839 bits per heavy atom. The van der Waals surface area contributed by atoms with Crippen LogP contribution in [0.1, 0.15) is 19.4 Å². The Labute approximate surface area is 206 Å². The number of benzene rings is 2. The molecule has 4 rings (SSSR count). The average Bonchev–Trinajstić information content (AvgIpc) is 2.70. The zero-order chi connectivity index (χ0) is 19.6. The summed E-state index contributed by atoms with van der Waals surface area (Å²) >= 11 is 6.09. The number of pyridine rings is 2. The van der Waals surface area contributed by atoms with Crippen LogP contribution in [0.4, 0.5) is 5.69 Å². The van der Waals surface area contributed by atoms with Gasteiger partial charge in [0.25, 0.3) is 0 Å². The topological polar surface area (TPSA) is 49.8 Å². The number of hydrogen-bond acceptors (Lipinski definition) is 4. The molecule has 0 saturated heterocycles. The minimum absolute atomic E-state index is 0. The lowest BCUT2D eigenvalue weighted by Gasteiger charge is -2.28. The van der Waals surface area contributed by atoms with E-state index in [9.17, 15) is 0 Å². The number of nitrogens with one attached hydrogen (secondary N) is 2. The predicted molar refractivity (Wildman–Crippen MR) is 140 cm³/mol. The number of fused-ring (bicyclic) bond motifs is 2. The number of para-hydroxylation sites is 1. The zero-order valence-electron chi connectivity index (χ0n) is 17.3. The van der Waals surface area contributed by atoms with E-state index < -0.39 is 0 Å². The van der Waals surface area contributed by atoms with Crippen molar-refractivity contribution in [1.82, 2.24) is 15.3 Å². The van der Waals surface area contributed by atoms with Crippen molar-refractivity contribution < 1.29 is 0 Å². The SMILES string of the molecule is CC(C)(CNc1ccnc2cc(Cl)ccc12)NCc1ccnc2ccccc12.Cl.Cl.Cl. The molecule has 0 aliphatic carbocycles. The number of hydrogen-bond donors (Lipinski definition) is 2. The van der Waals surface area contributed by atoms with Gasteiger partial charge in [0.15, 0.2) is 0 Å². The molecule has 0 radical (unpaired) electrons. The maximum Gasteiger partial charge on any atom is 0.0737 e. The third kappa shape index (κ3) is 6.58. The molecule has 166 valence electrons. The highest BCUT2D eigenvalue weighted by molar-refractivity contribution is 6.31. The molecule has 0 bridgehead atoms. The standard InChI is InChI=1S/C23H23ClN4.3ClH/c1-23(2,28-14-16-9-11-25-20-6-4-3-5-18(16)20)15-27-21-10-12-26-22-13-17(24)7-8-19(21)22;;;/h3-13,28H,14-15H2,1-2H3,(H,26,27);3*1H. The van der Waals surface area contributed by atoms with Crippen LogP contribution in [-0.4, -0.2) is 22.1 Å². The quantitative estimate of drug-likeness (QED) is 0.310. The molecular weight excluding hydrogens is 474 g/mol. The van der Waals surface area contributed by atoms with Gasteiger partial charge in [0.2, 0.25) is 0 Å². The van der Waals surface area contributed by atoms with Crippen molar-refractivity contribution in [2.75, 3.05) is 11.9 Å². The van der Waals surface area contributed by atoms with Crippen LogP contribution in [0.15, 0.2) is 67.0 Å². The summed E-state index contributed by atoms with van der Waals surface area (Å²) in [6, 6.07) is 18.1. The van der Waals surface area contributed by atoms with Crippen LogP contribution in [0.3, 0.4) is 0 Å². The first-order valence-corrected chi connectivity index (χ1v) is 9.75.